The van der Waals surface area contributed by atoms with Crippen LogP contribution in [-0.2, 0) is 4.74 Å². The molecule has 0 radical (unpaired) electrons. The summed E-state index contributed by atoms with van der Waals surface area (Å²) in [5.74, 6) is 0.135. The second-order valence-electron chi connectivity index (χ2n) is 5.43. The molecule has 2 rings (SSSR count). The Morgan fingerprint density at radius 3 is 2.56 bits per heavy atom. The van der Waals surface area contributed by atoms with E-state index in [1.165, 1.54) is 5.56 Å². The van der Waals surface area contributed by atoms with Crippen molar-refractivity contribution in [3.63, 3.8) is 0 Å². The maximum Gasteiger partial charge on any atom is 0.0831 e. The van der Waals surface area contributed by atoms with Gasteiger partial charge in [-0.05, 0) is 19.4 Å². The Hall–Kier alpha value is -0.900. The summed E-state index contributed by atoms with van der Waals surface area (Å²) in [5.41, 5.74) is 2.19. The largest absolute Gasteiger partial charge is 0.388 e. The number of morpholine rings is 1. The van der Waals surface area contributed by atoms with Gasteiger partial charge in [0.1, 0.15) is 0 Å². The lowest BCUT2D eigenvalue weighted by atomic mass is 9.90. The minimum atomic E-state index is -0.447. The predicted octanol–water partition coefficient (Wildman–Crippen LogP) is 2.04. The van der Waals surface area contributed by atoms with Crippen LogP contribution in [-0.4, -0.2) is 30.4 Å². The molecule has 1 saturated heterocycles. The Kier molecular flexibility index (Phi) is 4.38. The Labute approximate surface area is 109 Å². The minimum Gasteiger partial charge on any atom is -0.388 e. The summed E-state index contributed by atoms with van der Waals surface area (Å²) in [5, 5.41) is 13.9. The van der Waals surface area contributed by atoms with Gasteiger partial charge in [0, 0.05) is 18.0 Å². The number of hydrogen-bond acceptors (Lipinski definition) is 3. The summed E-state index contributed by atoms with van der Waals surface area (Å²) in [4.78, 5) is 0. The molecule has 2 N–H and O–H groups in total. The summed E-state index contributed by atoms with van der Waals surface area (Å²) in [6, 6.07) is 8.66. The molecule has 3 heteroatoms. The summed E-state index contributed by atoms with van der Waals surface area (Å²) < 4.78 is 5.55. The van der Waals surface area contributed by atoms with Crippen molar-refractivity contribution in [1.82, 2.24) is 5.32 Å². The highest BCUT2D eigenvalue weighted by Crippen LogP contribution is 2.26. The minimum absolute atomic E-state index is 0.135. The number of aryl methyl sites for hydroxylation is 1. The van der Waals surface area contributed by atoms with Gasteiger partial charge in [0.2, 0.25) is 0 Å². The van der Waals surface area contributed by atoms with Crippen LogP contribution in [0.15, 0.2) is 24.3 Å². The molecule has 4 atom stereocenters. The molecular formula is C15H23NO2. The first kappa shape index (κ1) is 13.5. The van der Waals surface area contributed by atoms with Gasteiger partial charge in [0.05, 0.1) is 19.3 Å². The average molecular weight is 249 g/mol. The molecular weight excluding hydrogens is 226 g/mol. The van der Waals surface area contributed by atoms with Crippen molar-refractivity contribution < 1.29 is 9.84 Å². The molecule has 100 valence electrons. The van der Waals surface area contributed by atoms with Crippen LogP contribution in [0, 0.1) is 12.8 Å². The van der Waals surface area contributed by atoms with Crippen molar-refractivity contribution >= 4 is 0 Å². The molecule has 4 unspecified atom stereocenters. The van der Waals surface area contributed by atoms with E-state index >= 15 is 0 Å². The van der Waals surface area contributed by atoms with Gasteiger partial charge >= 0.3 is 0 Å². The van der Waals surface area contributed by atoms with E-state index in [0.29, 0.717) is 12.6 Å². The van der Waals surface area contributed by atoms with Gasteiger partial charge in [0.25, 0.3) is 0 Å². The first-order valence-electron chi connectivity index (χ1n) is 6.66. The second kappa shape index (κ2) is 5.83. The molecule has 1 fully saturated rings. The summed E-state index contributed by atoms with van der Waals surface area (Å²) in [6.07, 6.45) is -0.447. The van der Waals surface area contributed by atoms with Gasteiger partial charge in [0.15, 0.2) is 0 Å². The smallest absolute Gasteiger partial charge is 0.0831 e. The number of rotatable bonds is 3. The molecule has 1 aromatic carbocycles. The predicted molar refractivity (Wildman–Crippen MR) is 72.5 cm³/mol. The highest BCUT2D eigenvalue weighted by Gasteiger charge is 2.29. The van der Waals surface area contributed by atoms with Gasteiger partial charge in [-0.25, -0.2) is 0 Å². The van der Waals surface area contributed by atoms with Crippen molar-refractivity contribution in [1.29, 1.82) is 0 Å². The number of aliphatic hydroxyl groups excluding tert-OH is 1. The van der Waals surface area contributed by atoms with Crippen LogP contribution in [0.3, 0.4) is 0 Å². The average Bonchev–Trinajstić information content (AvgIpc) is 2.38. The van der Waals surface area contributed by atoms with E-state index in [2.05, 4.69) is 26.1 Å². The topological polar surface area (TPSA) is 41.5 Å². The third-order valence-corrected chi connectivity index (χ3v) is 3.72. The van der Waals surface area contributed by atoms with Gasteiger partial charge in [-0.3, -0.25) is 0 Å². The Morgan fingerprint density at radius 1 is 1.28 bits per heavy atom. The molecule has 1 heterocycles. The fourth-order valence-corrected chi connectivity index (χ4v) is 2.42. The van der Waals surface area contributed by atoms with E-state index < -0.39 is 6.10 Å². The maximum atomic E-state index is 10.4. The van der Waals surface area contributed by atoms with Crippen molar-refractivity contribution in [3.8, 4) is 0 Å². The molecule has 0 bridgehead atoms. The lowest BCUT2D eigenvalue weighted by Crippen LogP contribution is -2.51. The zero-order valence-corrected chi connectivity index (χ0v) is 11.4. The van der Waals surface area contributed by atoms with Crippen LogP contribution in [0.25, 0.3) is 0 Å². The Morgan fingerprint density at radius 2 is 1.94 bits per heavy atom. The molecule has 0 spiro atoms. The second-order valence-corrected chi connectivity index (χ2v) is 5.43. The monoisotopic (exact) mass is 249 g/mol. The highest BCUT2D eigenvalue weighted by molar-refractivity contribution is 5.23. The Balaban J connectivity index is 2.03. The molecule has 18 heavy (non-hydrogen) atoms. The van der Waals surface area contributed by atoms with E-state index in [9.17, 15) is 5.11 Å². The third-order valence-electron chi connectivity index (χ3n) is 3.72. The molecule has 0 amide bonds. The van der Waals surface area contributed by atoms with Crippen LogP contribution in [0.5, 0.6) is 0 Å². The van der Waals surface area contributed by atoms with Crippen LogP contribution in [0.4, 0.5) is 0 Å². The summed E-state index contributed by atoms with van der Waals surface area (Å²) >= 11 is 0. The molecule has 0 aromatic heterocycles. The van der Waals surface area contributed by atoms with E-state index in [0.717, 1.165) is 12.2 Å². The zero-order valence-electron chi connectivity index (χ0n) is 11.4. The van der Waals surface area contributed by atoms with Gasteiger partial charge in [-0.15, -0.1) is 0 Å². The summed E-state index contributed by atoms with van der Waals surface area (Å²) in [6.45, 7) is 7.66. The van der Waals surface area contributed by atoms with Crippen molar-refractivity contribution in [2.24, 2.45) is 5.92 Å². The van der Waals surface area contributed by atoms with Gasteiger partial charge in [-0.1, -0.05) is 36.8 Å². The maximum absolute atomic E-state index is 10.4. The number of benzene rings is 1. The molecule has 1 aromatic rings. The number of nitrogens with one attached hydrogen (secondary N) is 1. The normalized spacial score (nSPS) is 27.8. The molecule has 3 nitrogen and oxygen atoms in total. The Bertz CT molecular complexity index is 377. The van der Waals surface area contributed by atoms with E-state index in [4.69, 9.17) is 4.74 Å². The standard InChI is InChI=1S/C15H23NO2/c1-10-4-6-13(7-5-10)15(17)12(3)14-9-18-8-11(2)16-14/h4-7,11-12,14-17H,8-9H2,1-3H3. The van der Waals surface area contributed by atoms with Crippen molar-refractivity contribution in [3.05, 3.63) is 35.4 Å². The highest BCUT2D eigenvalue weighted by atomic mass is 16.5. The van der Waals surface area contributed by atoms with Crippen LogP contribution in [0.2, 0.25) is 0 Å². The number of ether oxygens (including phenoxy) is 1. The van der Waals surface area contributed by atoms with Crippen LogP contribution >= 0.6 is 0 Å². The first-order chi connectivity index (χ1) is 8.58. The lowest BCUT2D eigenvalue weighted by molar-refractivity contribution is 0.00174. The van der Waals surface area contributed by atoms with Crippen LogP contribution in [0.1, 0.15) is 31.1 Å². The number of hydrogen-bond donors (Lipinski definition) is 2. The fraction of sp³-hybridized carbons (Fsp3) is 0.600. The molecule has 0 aliphatic carbocycles. The number of aliphatic hydroxyl groups is 1. The SMILES string of the molecule is Cc1ccc(C(O)C(C)C2COCC(C)N2)cc1. The first-order valence-corrected chi connectivity index (χ1v) is 6.66. The zero-order chi connectivity index (χ0) is 13.1. The molecule has 0 saturated carbocycles. The third kappa shape index (κ3) is 3.10. The summed E-state index contributed by atoms with van der Waals surface area (Å²) in [7, 11) is 0. The van der Waals surface area contributed by atoms with E-state index in [1.54, 1.807) is 0 Å². The quantitative estimate of drug-likeness (QED) is 0.861. The lowest BCUT2D eigenvalue weighted by Gasteiger charge is -2.35. The molecule has 1 aliphatic rings. The van der Waals surface area contributed by atoms with E-state index in [-0.39, 0.29) is 12.0 Å². The van der Waals surface area contributed by atoms with Crippen LogP contribution < -0.4 is 5.32 Å². The van der Waals surface area contributed by atoms with E-state index in [1.807, 2.05) is 24.3 Å². The van der Waals surface area contributed by atoms with Gasteiger partial charge in [-0.2, -0.15) is 0 Å². The molecule has 1 aliphatic heterocycles. The fourth-order valence-electron chi connectivity index (χ4n) is 2.42. The van der Waals surface area contributed by atoms with Gasteiger partial charge < -0.3 is 15.2 Å². The van der Waals surface area contributed by atoms with Crippen molar-refractivity contribution in [2.45, 2.75) is 39.0 Å². The van der Waals surface area contributed by atoms with Crippen molar-refractivity contribution in [2.75, 3.05) is 13.2 Å².